The molecule has 0 atom stereocenters. The molecule has 0 aliphatic heterocycles. The van der Waals surface area contributed by atoms with Gasteiger partial charge in [0.15, 0.2) is 5.78 Å². The van der Waals surface area contributed by atoms with Gasteiger partial charge in [-0.15, -0.1) is 0 Å². The normalized spacial score (nSPS) is 10.4. The maximum atomic E-state index is 11.9. The second-order valence-corrected chi connectivity index (χ2v) is 5.26. The number of halogens is 1. The van der Waals surface area contributed by atoms with Gasteiger partial charge >= 0.3 is 0 Å². The van der Waals surface area contributed by atoms with Gasteiger partial charge in [-0.1, -0.05) is 46.3 Å². The lowest BCUT2D eigenvalue weighted by Crippen LogP contribution is -1.97. The van der Waals surface area contributed by atoms with Gasteiger partial charge < -0.3 is 0 Å². The molecule has 2 rings (SSSR count). The molecule has 0 aromatic heterocycles. The van der Waals surface area contributed by atoms with Crippen molar-refractivity contribution in [2.24, 2.45) is 0 Å². The van der Waals surface area contributed by atoms with E-state index in [9.17, 15) is 4.79 Å². The van der Waals surface area contributed by atoms with E-state index in [0.29, 0.717) is 12.0 Å². The Bertz CT molecular complexity index is 681. The molecule has 3 heteroatoms. The Hall–Kier alpha value is -2.18. The van der Waals surface area contributed by atoms with E-state index in [-0.39, 0.29) is 5.78 Å². The Labute approximate surface area is 126 Å². The number of benzene rings is 2. The highest BCUT2D eigenvalue weighted by atomic mass is 79.9. The summed E-state index contributed by atoms with van der Waals surface area (Å²) in [5, 5.41) is 8.81. The highest BCUT2D eigenvalue weighted by molar-refractivity contribution is 9.10. The quantitative estimate of drug-likeness (QED) is 0.792. The molecule has 0 bridgehead atoms. The topological polar surface area (TPSA) is 40.9 Å². The number of hydrogen-bond acceptors (Lipinski definition) is 2. The Morgan fingerprint density at radius 3 is 2.65 bits per heavy atom. The molecule has 0 amide bonds. The Balaban J connectivity index is 2.02. The zero-order valence-corrected chi connectivity index (χ0v) is 12.3. The third-order valence-corrected chi connectivity index (χ3v) is 3.30. The number of allylic oxidation sites excluding steroid dienone is 1. The predicted molar refractivity (Wildman–Crippen MR) is 83.0 cm³/mol. The number of rotatable bonds is 4. The smallest absolute Gasteiger partial charge is 0.160 e. The summed E-state index contributed by atoms with van der Waals surface area (Å²) in [5.41, 5.74) is 2.43. The Kier molecular flexibility index (Phi) is 4.86. The van der Waals surface area contributed by atoms with Crippen LogP contribution in [0.3, 0.4) is 0 Å². The molecule has 0 saturated heterocycles. The lowest BCUT2D eigenvalue weighted by Gasteiger charge is -1.98. The van der Waals surface area contributed by atoms with E-state index in [0.717, 1.165) is 15.6 Å². The van der Waals surface area contributed by atoms with Crippen LogP contribution in [-0.4, -0.2) is 5.78 Å². The lowest BCUT2D eigenvalue weighted by molar-refractivity contribution is -0.113. The summed E-state index contributed by atoms with van der Waals surface area (Å²) >= 11 is 3.36. The Morgan fingerprint density at radius 2 is 1.95 bits per heavy atom. The largest absolute Gasteiger partial charge is 0.294 e. The number of carbonyl (C=O) groups excluding carboxylic acids is 1. The van der Waals surface area contributed by atoms with Crippen molar-refractivity contribution in [1.82, 2.24) is 0 Å². The minimum Gasteiger partial charge on any atom is -0.294 e. The van der Waals surface area contributed by atoms with Gasteiger partial charge in [-0.25, -0.2) is 0 Å². The second-order valence-electron chi connectivity index (χ2n) is 4.34. The van der Waals surface area contributed by atoms with E-state index in [4.69, 9.17) is 5.26 Å². The number of hydrogen-bond donors (Lipinski definition) is 0. The van der Waals surface area contributed by atoms with Crippen molar-refractivity contribution in [3.63, 3.8) is 0 Å². The molecule has 0 aliphatic carbocycles. The summed E-state index contributed by atoms with van der Waals surface area (Å²) in [7, 11) is 0. The third kappa shape index (κ3) is 4.18. The first-order valence-electron chi connectivity index (χ1n) is 6.13. The highest BCUT2D eigenvalue weighted by Crippen LogP contribution is 2.12. The van der Waals surface area contributed by atoms with Crippen LogP contribution in [-0.2, 0) is 11.2 Å². The molecule has 20 heavy (non-hydrogen) atoms. The maximum absolute atomic E-state index is 11.9. The van der Waals surface area contributed by atoms with Gasteiger partial charge in [-0.2, -0.15) is 5.26 Å². The average molecular weight is 326 g/mol. The molecule has 0 radical (unpaired) electrons. The van der Waals surface area contributed by atoms with E-state index in [1.165, 1.54) is 0 Å². The van der Waals surface area contributed by atoms with Crippen LogP contribution in [0.5, 0.6) is 0 Å². The molecule has 98 valence electrons. The SMILES string of the molecule is N#Cc1cccc(C=CC(=O)Cc2ccc(Br)cc2)c1. The van der Waals surface area contributed by atoms with Crippen LogP contribution in [0.4, 0.5) is 0 Å². The average Bonchev–Trinajstić information content (AvgIpc) is 2.48. The van der Waals surface area contributed by atoms with Gasteiger partial charge in [0.1, 0.15) is 0 Å². The van der Waals surface area contributed by atoms with Crippen LogP contribution in [0, 0.1) is 11.3 Å². The first-order valence-corrected chi connectivity index (χ1v) is 6.92. The van der Waals surface area contributed by atoms with Crippen LogP contribution >= 0.6 is 15.9 Å². The fourth-order valence-electron chi connectivity index (χ4n) is 1.76. The van der Waals surface area contributed by atoms with E-state index >= 15 is 0 Å². The molecule has 2 nitrogen and oxygen atoms in total. The van der Waals surface area contributed by atoms with Gasteiger partial charge in [-0.05, 0) is 41.5 Å². The maximum Gasteiger partial charge on any atom is 0.160 e. The molecule has 0 aliphatic rings. The number of ketones is 1. The Morgan fingerprint density at radius 1 is 1.20 bits per heavy atom. The fraction of sp³-hybridized carbons (Fsp3) is 0.0588. The van der Waals surface area contributed by atoms with Crippen molar-refractivity contribution < 1.29 is 4.79 Å². The van der Waals surface area contributed by atoms with Gasteiger partial charge in [0.05, 0.1) is 11.6 Å². The van der Waals surface area contributed by atoms with Gasteiger partial charge in [0.2, 0.25) is 0 Å². The van der Waals surface area contributed by atoms with Crippen molar-refractivity contribution >= 4 is 27.8 Å². The van der Waals surface area contributed by atoms with Crippen molar-refractivity contribution in [2.45, 2.75) is 6.42 Å². The zero-order valence-electron chi connectivity index (χ0n) is 10.7. The van der Waals surface area contributed by atoms with Crippen LogP contribution in [0.15, 0.2) is 59.1 Å². The van der Waals surface area contributed by atoms with Crippen LogP contribution in [0.25, 0.3) is 6.08 Å². The molecule has 0 saturated carbocycles. The van der Waals surface area contributed by atoms with Crippen LogP contribution < -0.4 is 0 Å². The molecule has 0 heterocycles. The number of carbonyl (C=O) groups is 1. The zero-order chi connectivity index (χ0) is 14.4. The lowest BCUT2D eigenvalue weighted by atomic mass is 10.1. The summed E-state index contributed by atoms with van der Waals surface area (Å²) in [6, 6.07) is 16.9. The molecule has 0 N–H and O–H groups in total. The number of nitriles is 1. The van der Waals surface area contributed by atoms with Crippen molar-refractivity contribution in [3.05, 3.63) is 75.8 Å². The molecule has 0 spiro atoms. The molecule has 2 aromatic carbocycles. The summed E-state index contributed by atoms with van der Waals surface area (Å²) in [6.07, 6.45) is 3.67. The monoisotopic (exact) mass is 325 g/mol. The summed E-state index contributed by atoms with van der Waals surface area (Å²) in [5.74, 6) is 0.0367. The van der Waals surface area contributed by atoms with Crippen LogP contribution in [0.1, 0.15) is 16.7 Å². The molecule has 0 fully saturated rings. The predicted octanol–water partition coefficient (Wildman–Crippen LogP) is 4.15. The standard InChI is InChI=1S/C17H12BrNO/c18-16-7-4-14(5-8-16)11-17(20)9-6-13-2-1-3-15(10-13)12-19/h1-10H,11H2. The fourth-order valence-corrected chi connectivity index (χ4v) is 2.03. The number of nitrogens with zero attached hydrogens (tertiary/aromatic N) is 1. The molecular formula is C17H12BrNO. The first-order chi connectivity index (χ1) is 9.67. The molecular weight excluding hydrogens is 314 g/mol. The minimum absolute atomic E-state index is 0.0367. The van der Waals surface area contributed by atoms with Gasteiger partial charge in [0, 0.05) is 10.9 Å². The van der Waals surface area contributed by atoms with E-state index in [1.807, 2.05) is 30.3 Å². The third-order valence-electron chi connectivity index (χ3n) is 2.77. The van der Waals surface area contributed by atoms with E-state index in [1.54, 1.807) is 30.4 Å². The van der Waals surface area contributed by atoms with Crippen molar-refractivity contribution in [2.75, 3.05) is 0 Å². The van der Waals surface area contributed by atoms with Crippen molar-refractivity contribution in [3.8, 4) is 6.07 Å². The highest BCUT2D eigenvalue weighted by Gasteiger charge is 2.00. The summed E-state index contributed by atoms with van der Waals surface area (Å²) in [4.78, 5) is 11.9. The van der Waals surface area contributed by atoms with Gasteiger partial charge in [-0.3, -0.25) is 4.79 Å². The van der Waals surface area contributed by atoms with E-state index in [2.05, 4.69) is 22.0 Å². The molecule has 0 unspecified atom stereocenters. The minimum atomic E-state index is 0.0367. The van der Waals surface area contributed by atoms with Gasteiger partial charge in [0.25, 0.3) is 0 Å². The van der Waals surface area contributed by atoms with Crippen molar-refractivity contribution in [1.29, 1.82) is 5.26 Å². The first kappa shape index (κ1) is 14.2. The van der Waals surface area contributed by atoms with Crippen LogP contribution in [0.2, 0.25) is 0 Å². The molecule has 2 aromatic rings. The second kappa shape index (κ2) is 6.83. The summed E-state index contributed by atoms with van der Waals surface area (Å²) in [6.45, 7) is 0. The summed E-state index contributed by atoms with van der Waals surface area (Å²) < 4.78 is 0.998. The van der Waals surface area contributed by atoms with E-state index < -0.39 is 0 Å².